The van der Waals surface area contributed by atoms with Crippen molar-refractivity contribution in [1.29, 1.82) is 0 Å². The molecule has 2 aromatic carbocycles. The van der Waals surface area contributed by atoms with Crippen molar-refractivity contribution in [3.05, 3.63) is 94.0 Å². The van der Waals surface area contributed by atoms with Crippen LogP contribution < -0.4 is 24.3 Å². The van der Waals surface area contributed by atoms with Crippen molar-refractivity contribution in [3.8, 4) is 34.6 Å². The Bertz CT molecular complexity index is 1850. The van der Waals surface area contributed by atoms with Gasteiger partial charge in [-0.1, -0.05) is 36.4 Å². The molecule has 0 aliphatic carbocycles. The number of hydrogen-bond acceptors (Lipinski definition) is 11. The molecule has 4 aromatic rings. The number of benzene rings is 2. The number of pyridine rings is 2. The molecular formula is C38H44N4O9. The standard InChI is InChI=1S/C38H44N4O9/c1-23-27(21-50-33-13-11-25(37(40-33)48-3)17-39-18-29(43)16-36(46)47)7-5-9-31(23)32-10-6-8-28(24(32)2)22-51-34-14-12-26(38(41-34)49-4)19-42-20-30(44)15-35(42)45/h5-14,29-30,39,43-44H,15-22H2,1-4H3,(H,46,47)/t29?,30-/m0/s1. The van der Waals surface area contributed by atoms with Crippen LogP contribution in [0.2, 0.25) is 0 Å². The van der Waals surface area contributed by atoms with E-state index >= 15 is 0 Å². The third-order valence-electron chi connectivity index (χ3n) is 8.81. The number of carboxylic acid groups (broad SMARTS) is 1. The number of likely N-dealkylation sites (tertiary alicyclic amines) is 1. The van der Waals surface area contributed by atoms with E-state index in [1.165, 1.54) is 14.2 Å². The number of aromatic nitrogens is 2. The highest BCUT2D eigenvalue weighted by atomic mass is 16.5. The maximum absolute atomic E-state index is 12.1. The van der Waals surface area contributed by atoms with Crippen LogP contribution in [0.1, 0.15) is 46.2 Å². The largest absolute Gasteiger partial charge is 0.481 e. The Morgan fingerprint density at radius 2 is 1.41 bits per heavy atom. The Morgan fingerprint density at radius 1 is 0.863 bits per heavy atom. The van der Waals surface area contributed by atoms with Gasteiger partial charge in [-0.3, -0.25) is 9.59 Å². The van der Waals surface area contributed by atoms with Crippen molar-refractivity contribution in [1.82, 2.24) is 20.2 Å². The highest BCUT2D eigenvalue weighted by Gasteiger charge is 2.28. The second kappa shape index (κ2) is 17.1. The van der Waals surface area contributed by atoms with Gasteiger partial charge in [0.15, 0.2) is 0 Å². The molecule has 1 aliphatic rings. The molecule has 13 nitrogen and oxygen atoms in total. The van der Waals surface area contributed by atoms with Crippen molar-refractivity contribution in [2.75, 3.05) is 27.3 Å². The fourth-order valence-electron chi connectivity index (χ4n) is 6.00. The molecule has 1 aliphatic heterocycles. The number of methoxy groups -OCH3 is 2. The van der Waals surface area contributed by atoms with E-state index in [1.54, 1.807) is 17.0 Å². The van der Waals surface area contributed by atoms with Crippen LogP contribution in [0, 0.1) is 13.8 Å². The van der Waals surface area contributed by atoms with E-state index in [0.29, 0.717) is 36.6 Å². The van der Waals surface area contributed by atoms with E-state index < -0.39 is 18.2 Å². The van der Waals surface area contributed by atoms with Crippen molar-refractivity contribution in [2.24, 2.45) is 0 Å². The summed E-state index contributed by atoms with van der Waals surface area (Å²) in [7, 11) is 3.04. The van der Waals surface area contributed by atoms with Crippen molar-refractivity contribution in [3.63, 3.8) is 0 Å². The average Bonchev–Trinajstić information content (AvgIpc) is 3.43. The number of nitrogens with zero attached hydrogens (tertiary/aromatic N) is 3. The van der Waals surface area contributed by atoms with Gasteiger partial charge >= 0.3 is 5.97 Å². The first kappa shape index (κ1) is 37.0. The molecule has 0 spiro atoms. The number of rotatable bonds is 17. The molecule has 1 fully saturated rings. The van der Waals surface area contributed by atoms with Crippen molar-refractivity contribution in [2.45, 2.75) is 65.2 Å². The fraction of sp³-hybridized carbons (Fsp3) is 0.368. The molecule has 2 aromatic heterocycles. The molecule has 0 saturated carbocycles. The number of aliphatic hydroxyl groups excluding tert-OH is 2. The van der Waals surface area contributed by atoms with Gasteiger partial charge in [0.2, 0.25) is 29.4 Å². The minimum Gasteiger partial charge on any atom is -0.481 e. The van der Waals surface area contributed by atoms with Gasteiger partial charge in [-0.25, -0.2) is 0 Å². The summed E-state index contributed by atoms with van der Waals surface area (Å²) in [6.45, 7) is 5.75. The Labute approximate surface area is 296 Å². The van der Waals surface area contributed by atoms with Gasteiger partial charge in [0.1, 0.15) is 13.2 Å². The van der Waals surface area contributed by atoms with Gasteiger partial charge in [-0.15, -0.1) is 0 Å². The Balaban J connectivity index is 1.23. The molecule has 3 heterocycles. The number of aliphatic hydroxyl groups is 2. The lowest BCUT2D eigenvalue weighted by Crippen LogP contribution is -2.28. The number of aliphatic carboxylic acids is 1. The van der Waals surface area contributed by atoms with E-state index in [4.69, 9.17) is 24.1 Å². The maximum atomic E-state index is 12.1. The first-order valence-corrected chi connectivity index (χ1v) is 16.6. The van der Waals surface area contributed by atoms with Crippen LogP contribution in [0.4, 0.5) is 0 Å². The van der Waals surface area contributed by atoms with Crippen LogP contribution in [0.25, 0.3) is 11.1 Å². The van der Waals surface area contributed by atoms with E-state index in [9.17, 15) is 19.8 Å². The minimum atomic E-state index is -1.06. The monoisotopic (exact) mass is 700 g/mol. The normalized spacial score (nSPS) is 14.7. The first-order valence-electron chi connectivity index (χ1n) is 16.6. The van der Waals surface area contributed by atoms with Crippen LogP contribution in [0.3, 0.4) is 0 Å². The second-order valence-corrected chi connectivity index (χ2v) is 12.4. The number of carboxylic acids is 1. The van der Waals surface area contributed by atoms with Gasteiger partial charge in [0, 0.05) is 42.9 Å². The summed E-state index contributed by atoms with van der Waals surface area (Å²) in [5, 5.41) is 31.5. The second-order valence-electron chi connectivity index (χ2n) is 12.4. The number of carbonyl (C=O) groups is 2. The molecule has 51 heavy (non-hydrogen) atoms. The molecule has 1 amide bonds. The molecule has 4 N–H and O–H groups in total. The van der Waals surface area contributed by atoms with Gasteiger partial charge in [-0.05, 0) is 59.4 Å². The van der Waals surface area contributed by atoms with E-state index in [-0.39, 0.29) is 45.1 Å². The first-order chi connectivity index (χ1) is 24.6. The Morgan fingerprint density at radius 3 is 1.92 bits per heavy atom. The highest BCUT2D eigenvalue weighted by molar-refractivity contribution is 5.79. The number of ether oxygens (including phenoxy) is 4. The van der Waals surface area contributed by atoms with Gasteiger partial charge < -0.3 is 44.5 Å². The minimum absolute atomic E-state index is 0.0993. The van der Waals surface area contributed by atoms with E-state index in [0.717, 1.165) is 44.5 Å². The van der Waals surface area contributed by atoms with Crippen molar-refractivity contribution < 1.29 is 43.9 Å². The predicted octanol–water partition coefficient (Wildman–Crippen LogP) is 3.95. The molecule has 0 radical (unpaired) electrons. The zero-order valence-corrected chi connectivity index (χ0v) is 29.2. The Kier molecular flexibility index (Phi) is 12.4. The van der Waals surface area contributed by atoms with Gasteiger partial charge in [0.25, 0.3) is 0 Å². The lowest BCUT2D eigenvalue weighted by atomic mass is 9.92. The lowest BCUT2D eigenvalue weighted by Gasteiger charge is -2.18. The SMILES string of the molecule is COc1nc(OCc2cccc(-c3cccc(COc4ccc(CN5C[C@@H](O)CC5=O)c(OC)n4)c3C)c2C)ccc1CNCC(O)CC(=O)O. The summed E-state index contributed by atoms with van der Waals surface area (Å²) in [5.74, 6) is 0.371. The number of carbonyl (C=O) groups excluding carboxylic acids is 1. The zero-order chi connectivity index (χ0) is 36.5. The summed E-state index contributed by atoms with van der Waals surface area (Å²) in [5.41, 5.74) is 7.74. The smallest absolute Gasteiger partial charge is 0.306 e. The highest BCUT2D eigenvalue weighted by Crippen LogP contribution is 2.32. The fourth-order valence-corrected chi connectivity index (χ4v) is 6.00. The summed E-state index contributed by atoms with van der Waals surface area (Å²) < 4.78 is 23.1. The van der Waals surface area contributed by atoms with E-state index in [2.05, 4.69) is 41.3 Å². The lowest BCUT2D eigenvalue weighted by molar-refractivity contribution is -0.139. The zero-order valence-electron chi connectivity index (χ0n) is 29.2. The topological polar surface area (TPSA) is 173 Å². The molecule has 2 atom stereocenters. The summed E-state index contributed by atoms with van der Waals surface area (Å²) >= 11 is 0. The number of β-amino-alcohol motifs (C(OH)–C–C–N with tert-alkyl or cyclic N) is 1. The molecule has 1 saturated heterocycles. The van der Waals surface area contributed by atoms with Crippen LogP contribution >= 0.6 is 0 Å². The summed E-state index contributed by atoms with van der Waals surface area (Å²) in [4.78, 5) is 33.5. The van der Waals surface area contributed by atoms with Crippen LogP contribution in [0.15, 0.2) is 60.7 Å². The summed E-state index contributed by atoms with van der Waals surface area (Å²) in [6, 6.07) is 19.4. The average molecular weight is 701 g/mol. The van der Waals surface area contributed by atoms with Crippen LogP contribution in [0.5, 0.6) is 23.5 Å². The Hall–Kier alpha value is -5.24. The van der Waals surface area contributed by atoms with Crippen molar-refractivity contribution >= 4 is 11.9 Å². The van der Waals surface area contributed by atoms with Crippen LogP contribution in [-0.4, -0.2) is 81.6 Å². The number of amides is 1. The molecule has 1 unspecified atom stereocenters. The molecular weight excluding hydrogens is 656 g/mol. The molecule has 13 heteroatoms. The third kappa shape index (κ3) is 9.51. The number of hydrogen-bond donors (Lipinski definition) is 4. The number of nitrogens with one attached hydrogen (secondary N) is 1. The molecule has 270 valence electrons. The third-order valence-corrected chi connectivity index (χ3v) is 8.81. The van der Waals surface area contributed by atoms with Gasteiger partial charge in [0.05, 0.1) is 45.8 Å². The molecule has 5 rings (SSSR count). The van der Waals surface area contributed by atoms with E-state index in [1.807, 2.05) is 36.4 Å². The van der Waals surface area contributed by atoms with Crippen LogP contribution in [-0.2, 0) is 35.9 Å². The van der Waals surface area contributed by atoms with Gasteiger partial charge in [-0.2, -0.15) is 9.97 Å². The predicted molar refractivity (Wildman–Crippen MR) is 188 cm³/mol. The maximum Gasteiger partial charge on any atom is 0.306 e. The molecule has 0 bridgehead atoms. The summed E-state index contributed by atoms with van der Waals surface area (Å²) in [6.07, 6.45) is -1.85. The quantitative estimate of drug-likeness (QED) is 0.125.